The molecule has 2 N–H and O–H groups in total. The molecule has 4 rings (SSSR count). The zero-order valence-corrected chi connectivity index (χ0v) is 19.3. The number of aromatic nitrogens is 1. The van der Waals surface area contributed by atoms with Gasteiger partial charge in [0.2, 0.25) is 15.9 Å². The second-order valence-electron chi connectivity index (χ2n) is 8.35. The standard InChI is InChI=1S/C20H28ClN5O5S/c21-14-3-4-18(23-12-14)31-16-5-9-25(10-6-16)32(29,30)11-7-17-19(27)26(20(28)24-17)15-2-1-8-22-13-15/h3-4,12,15-17,22H,1-2,5-11,13H2,(H,24,28). The van der Waals surface area contributed by atoms with Crippen molar-refractivity contribution in [1.82, 2.24) is 24.8 Å². The molecule has 32 heavy (non-hydrogen) atoms. The molecule has 3 fully saturated rings. The third-order valence-corrected chi connectivity index (χ3v) is 8.26. The van der Waals surface area contributed by atoms with Crippen molar-refractivity contribution in [3.8, 4) is 5.88 Å². The number of piperidine rings is 2. The fourth-order valence-corrected chi connectivity index (χ4v) is 6.04. The van der Waals surface area contributed by atoms with E-state index in [1.807, 2.05) is 0 Å². The number of halogens is 1. The molecule has 3 amide bonds. The van der Waals surface area contributed by atoms with Crippen LogP contribution in [0.25, 0.3) is 0 Å². The second kappa shape index (κ2) is 9.90. The van der Waals surface area contributed by atoms with E-state index in [4.69, 9.17) is 16.3 Å². The first-order chi connectivity index (χ1) is 15.3. The predicted octanol–water partition coefficient (Wildman–Crippen LogP) is 0.971. The molecule has 3 aliphatic heterocycles. The van der Waals surface area contributed by atoms with E-state index in [0.717, 1.165) is 19.4 Å². The first kappa shape index (κ1) is 23.2. The van der Waals surface area contributed by atoms with Crippen molar-refractivity contribution >= 4 is 33.6 Å². The third kappa shape index (κ3) is 5.33. The number of pyridine rings is 1. The van der Waals surface area contributed by atoms with Crippen LogP contribution >= 0.6 is 11.6 Å². The van der Waals surface area contributed by atoms with E-state index in [2.05, 4.69) is 15.6 Å². The summed E-state index contributed by atoms with van der Waals surface area (Å²) in [5.74, 6) is -0.0598. The van der Waals surface area contributed by atoms with Crippen LogP contribution in [0.15, 0.2) is 18.3 Å². The van der Waals surface area contributed by atoms with Crippen LogP contribution in [0.4, 0.5) is 4.79 Å². The molecule has 3 saturated heterocycles. The van der Waals surface area contributed by atoms with Gasteiger partial charge >= 0.3 is 6.03 Å². The van der Waals surface area contributed by atoms with E-state index in [0.29, 0.717) is 43.4 Å². The van der Waals surface area contributed by atoms with Crippen molar-refractivity contribution in [1.29, 1.82) is 0 Å². The average Bonchev–Trinajstić information content (AvgIpc) is 3.08. The maximum absolute atomic E-state index is 12.8. The Morgan fingerprint density at radius 1 is 1.19 bits per heavy atom. The maximum Gasteiger partial charge on any atom is 0.325 e. The van der Waals surface area contributed by atoms with Crippen LogP contribution in [0, 0.1) is 0 Å². The minimum Gasteiger partial charge on any atom is -0.474 e. The topological polar surface area (TPSA) is 121 Å². The highest BCUT2D eigenvalue weighted by Crippen LogP contribution is 2.22. The van der Waals surface area contributed by atoms with Crippen LogP contribution < -0.4 is 15.4 Å². The van der Waals surface area contributed by atoms with Gasteiger partial charge in [0.05, 0.1) is 16.8 Å². The van der Waals surface area contributed by atoms with Crippen molar-refractivity contribution in [3.63, 3.8) is 0 Å². The van der Waals surface area contributed by atoms with Gasteiger partial charge in [0.25, 0.3) is 5.91 Å². The van der Waals surface area contributed by atoms with Crippen molar-refractivity contribution in [2.45, 2.75) is 50.3 Å². The number of carbonyl (C=O) groups is 2. The summed E-state index contributed by atoms with van der Waals surface area (Å²) >= 11 is 5.82. The lowest BCUT2D eigenvalue weighted by Crippen LogP contribution is -2.49. The van der Waals surface area contributed by atoms with Crippen LogP contribution in [-0.2, 0) is 14.8 Å². The molecule has 12 heteroatoms. The normalized spacial score (nSPS) is 25.7. The highest BCUT2D eigenvalue weighted by Gasteiger charge is 2.43. The van der Waals surface area contributed by atoms with Crippen LogP contribution in [0.5, 0.6) is 5.88 Å². The molecule has 1 aromatic heterocycles. The summed E-state index contributed by atoms with van der Waals surface area (Å²) < 4.78 is 32.9. The number of hydrogen-bond donors (Lipinski definition) is 2. The monoisotopic (exact) mass is 485 g/mol. The lowest BCUT2D eigenvalue weighted by molar-refractivity contribution is -0.129. The zero-order valence-electron chi connectivity index (χ0n) is 17.7. The second-order valence-corrected chi connectivity index (χ2v) is 10.9. The van der Waals surface area contributed by atoms with Gasteiger partial charge < -0.3 is 15.4 Å². The molecule has 2 unspecified atom stereocenters. The number of nitrogens with one attached hydrogen (secondary N) is 2. The molecular weight excluding hydrogens is 458 g/mol. The van der Waals surface area contributed by atoms with Gasteiger partial charge in [-0.25, -0.2) is 22.5 Å². The molecule has 0 bridgehead atoms. The summed E-state index contributed by atoms with van der Waals surface area (Å²) in [5, 5.41) is 6.37. The molecule has 0 saturated carbocycles. The smallest absolute Gasteiger partial charge is 0.325 e. The molecule has 0 aromatic carbocycles. The van der Waals surface area contributed by atoms with E-state index in [1.165, 1.54) is 15.4 Å². The van der Waals surface area contributed by atoms with Gasteiger partial charge in [0, 0.05) is 31.9 Å². The number of urea groups is 1. The Hall–Kier alpha value is -1.95. The Morgan fingerprint density at radius 3 is 2.62 bits per heavy atom. The molecule has 2 atom stereocenters. The number of amides is 3. The summed E-state index contributed by atoms with van der Waals surface area (Å²) in [6.07, 6.45) is 4.20. The molecule has 1 aromatic rings. The third-order valence-electron chi connectivity index (χ3n) is 6.13. The van der Waals surface area contributed by atoms with Gasteiger partial charge in [-0.05, 0) is 44.7 Å². The van der Waals surface area contributed by atoms with Gasteiger partial charge in [-0.15, -0.1) is 0 Å². The fourth-order valence-electron chi connectivity index (χ4n) is 4.37. The Labute approximate surface area is 192 Å². The van der Waals surface area contributed by atoms with Crippen molar-refractivity contribution in [2.24, 2.45) is 0 Å². The lowest BCUT2D eigenvalue weighted by Gasteiger charge is -2.31. The lowest BCUT2D eigenvalue weighted by atomic mass is 10.1. The fraction of sp³-hybridized carbons (Fsp3) is 0.650. The average molecular weight is 486 g/mol. The van der Waals surface area contributed by atoms with E-state index in [-0.39, 0.29) is 30.2 Å². The quantitative estimate of drug-likeness (QED) is 0.552. The highest BCUT2D eigenvalue weighted by molar-refractivity contribution is 7.89. The number of nitrogens with zero attached hydrogens (tertiary/aromatic N) is 3. The minimum absolute atomic E-state index is 0.0642. The van der Waals surface area contributed by atoms with Crippen molar-refractivity contribution in [2.75, 3.05) is 31.9 Å². The molecule has 176 valence electrons. The Morgan fingerprint density at radius 2 is 1.97 bits per heavy atom. The van der Waals surface area contributed by atoms with Gasteiger partial charge in [-0.3, -0.25) is 9.69 Å². The number of imide groups is 1. The number of carbonyl (C=O) groups excluding carboxylic acids is 2. The summed E-state index contributed by atoms with van der Waals surface area (Å²) in [5.41, 5.74) is 0. The SMILES string of the molecule is O=C1NC(CCS(=O)(=O)N2CCC(Oc3ccc(Cl)cn3)CC2)C(=O)N1C1CCCNC1. The summed E-state index contributed by atoms with van der Waals surface area (Å²) in [7, 11) is -3.55. The number of ether oxygens (including phenoxy) is 1. The van der Waals surface area contributed by atoms with Crippen LogP contribution in [-0.4, -0.2) is 84.7 Å². The Kier molecular flexibility index (Phi) is 7.18. The first-order valence-corrected chi connectivity index (χ1v) is 12.9. The van der Waals surface area contributed by atoms with Crippen LogP contribution in [0.3, 0.4) is 0 Å². The van der Waals surface area contributed by atoms with Gasteiger partial charge in [-0.1, -0.05) is 11.6 Å². The van der Waals surface area contributed by atoms with Crippen molar-refractivity contribution < 1.29 is 22.7 Å². The van der Waals surface area contributed by atoms with E-state index < -0.39 is 22.1 Å². The summed E-state index contributed by atoms with van der Waals surface area (Å²) in [6.45, 7) is 2.13. The minimum atomic E-state index is -3.55. The summed E-state index contributed by atoms with van der Waals surface area (Å²) in [6, 6.07) is 1.98. The number of hydrogen-bond acceptors (Lipinski definition) is 7. The Bertz CT molecular complexity index is 930. The van der Waals surface area contributed by atoms with Crippen LogP contribution in [0.2, 0.25) is 5.02 Å². The van der Waals surface area contributed by atoms with Crippen LogP contribution in [0.1, 0.15) is 32.1 Å². The molecular formula is C20H28ClN5O5S. The van der Waals surface area contributed by atoms with E-state index >= 15 is 0 Å². The van der Waals surface area contributed by atoms with Gasteiger partial charge in [0.15, 0.2) is 0 Å². The molecule has 10 nitrogen and oxygen atoms in total. The largest absolute Gasteiger partial charge is 0.474 e. The van der Waals surface area contributed by atoms with Gasteiger partial charge in [0.1, 0.15) is 12.1 Å². The van der Waals surface area contributed by atoms with E-state index in [1.54, 1.807) is 12.1 Å². The summed E-state index contributed by atoms with van der Waals surface area (Å²) in [4.78, 5) is 30.4. The molecule has 0 radical (unpaired) electrons. The molecule has 0 aliphatic carbocycles. The predicted molar refractivity (Wildman–Crippen MR) is 118 cm³/mol. The maximum atomic E-state index is 12.8. The van der Waals surface area contributed by atoms with Crippen molar-refractivity contribution in [3.05, 3.63) is 23.4 Å². The molecule has 0 spiro atoms. The number of sulfonamides is 1. The van der Waals surface area contributed by atoms with E-state index in [9.17, 15) is 18.0 Å². The van der Waals surface area contributed by atoms with Gasteiger partial charge in [-0.2, -0.15) is 0 Å². The Balaban J connectivity index is 1.26. The zero-order chi connectivity index (χ0) is 22.7. The molecule has 3 aliphatic rings. The molecule has 4 heterocycles. The first-order valence-electron chi connectivity index (χ1n) is 10.9. The number of rotatable bonds is 7. The highest BCUT2D eigenvalue weighted by atomic mass is 35.5.